The largest absolute Gasteiger partial charge is 0.612 e. The van der Waals surface area contributed by atoms with Crippen molar-refractivity contribution in [1.82, 2.24) is 0 Å². The summed E-state index contributed by atoms with van der Waals surface area (Å²) in [6.07, 6.45) is -3.92. The van der Waals surface area contributed by atoms with Crippen LogP contribution < -0.4 is 5.32 Å². The van der Waals surface area contributed by atoms with Gasteiger partial charge in [-0.3, -0.25) is 4.79 Å². The van der Waals surface area contributed by atoms with Crippen molar-refractivity contribution in [2.24, 2.45) is 0 Å². The van der Waals surface area contributed by atoms with Crippen molar-refractivity contribution in [3.8, 4) is 0 Å². The number of aliphatic hydroxyl groups is 1. The van der Waals surface area contributed by atoms with Crippen LogP contribution in [0.15, 0.2) is 57.2 Å². The molecule has 0 heterocycles. The predicted octanol–water partition coefficient (Wildman–Crippen LogP) is 3.16. The highest BCUT2D eigenvalue weighted by atomic mass is 35.5. The Morgan fingerprint density at radius 1 is 1.21 bits per heavy atom. The molecule has 12 heteroatoms. The monoisotopic (exact) mass is 469 g/mol. The first kappa shape index (κ1) is 23.5. The highest BCUT2D eigenvalue weighted by molar-refractivity contribution is 7.94. The third kappa shape index (κ3) is 4.69. The van der Waals surface area contributed by atoms with E-state index in [-0.39, 0.29) is 32.3 Å². The van der Waals surface area contributed by atoms with E-state index < -0.39 is 38.7 Å². The van der Waals surface area contributed by atoms with E-state index in [9.17, 15) is 36.0 Å². The first-order chi connectivity index (χ1) is 13.2. The van der Waals surface area contributed by atoms with Crippen molar-refractivity contribution >= 4 is 44.2 Å². The van der Waals surface area contributed by atoms with Gasteiger partial charge in [-0.15, -0.1) is 0 Å². The van der Waals surface area contributed by atoms with E-state index in [1.807, 2.05) is 5.32 Å². The Balaban J connectivity index is 2.41. The summed E-state index contributed by atoms with van der Waals surface area (Å²) in [6, 6.07) is 8.56. The molecule has 2 aromatic carbocycles. The van der Waals surface area contributed by atoms with Crippen molar-refractivity contribution in [2.75, 3.05) is 11.6 Å². The lowest BCUT2D eigenvalue weighted by Crippen LogP contribution is -2.52. The Morgan fingerprint density at radius 2 is 1.79 bits per heavy atom. The number of sulfone groups is 1. The predicted molar refractivity (Wildman–Crippen MR) is 101 cm³/mol. The molecule has 158 valence electrons. The van der Waals surface area contributed by atoms with Gasteiger partial charge in [0.1, 0.15) is 11.2 Å². The molecule has 0 radical (unpaired) electrons. The van der Waals surface area contributed by atoms with Crippen molar-refractivity contribution in [2.45, 2.75) is 33.4 Å². The molecular weight excluding hydrogens is 455 g/mol. The van der Waals surface area contributed by atoms with Crippen LogP contribution in [0.2, 0.25) is 5.02 Å². The lowest BCUT2D eigenvalue weighted by molar-refractivity contribution is -0.242. The Morgan fingerprint density at radius 3 is 2.31 bits per heavy atom. The Hall–Kier alpha value is -1.79. The number of hydrogen-bond acceptors (Lipinski definition) is 5. The maximum Gasteiger partial charge on any atom is 0.426 e. The maximum absolute atomic E-state index is 12.9. The van der Waals surface area contributed by atoms with Gasteiger partial charge in [-0.1, -0.05) is 23.7 Å². The number of nitrogens with one attached hydrogen (secondary N) is 1. The number of benzene rings is 2. The van der Waals surface area contributed by atoms with E-state index in [1.165, 1.54) is 30.5 Å². The second-order valence-corrected chi connectivity index (χ2v) is 9.74. The topological polar surface area (TPSA) is 107 Å². The van der Waals surface area contributed by atoms with Gasteiger partial charge in [-0.2, -0.15) is 13.2 Å². The minimum Gasteiger partial charge on any atom is -0.612 e. The molecule has 0 saturated carbocycles. The van der Waals surface area contributed by atoms with Crippen LogP contribution in [0.4, 0.5) is 18.9 Å². The zero-order valence-electron chi connectivity index (χ0n) is 15.0. The summed E-state index contributed by atoms with van der Waals surface area (Å²) in [5.74, 6) is -1.78. The normalized spacial score (nSPS) is 15.4. The molecule has 2 unspecified atom stereocenters. The molecule has 2 atom stereocenters. The minimum atomic E-state index is -5.23. The molecule has 0 spiro atoms. The number of alkyl halides is 3. The summed E-state index contributed by atoms with van der Waals surface area (Å²) in [5.41, 5.74) is -4.00. The van der Waals surface area contributed by atoms with Crippen LogP contribution in [0.3, 0.4) is 0 Å². The number of halogens is 4. The van der Waals surface area contributed by atoms with Crippen molar-refractivity contribution in [3.63, 3.8) is 0 Å². The first-order valence-electron chi connectivity index (χ1n) is 7.77. The third-order valence-corrected chi connectivity index (χ3v) is 7.17. The molecule has 0 saturated heterocycles. The Bertz CT molecular complexity index is 1040. The summed E-state index contributed by atoms with van der Waals surface area (Å²) in [4.78, 5) is 11.3. The van der Waals surface area contributed by atoms with Crippen LogP contribution in [0.5, 0.6) is 0 Å². The van der Waals surface area contributed by atoms with Gasteiger partial charge in [0.15, 0.2) is 4.90 Å². The fourth-order valence-electron chi connectivity index (χ4n) is 2.17. The van der Waals surface area contributed by atoms with Gasteiger partial charge >= 0.3 is 6.18 Å². The van der Waals surface area contributed by atoms with E-state index in [1.54, 1.807) is 0 Å². The van der Waals surface area contributed by atoms with Crippen LogP contribution >= 0.6 is 11.6 Å². The highest BCUT2D eigenvalue weighted by Crippen LogP contribution is 2.34. The molecule has 2 aromatic rings. The van der Waals surface area contributed by atoms with Crippen LogP contribution in [-0.4, -0.2) is 42.0 Å². The van der Waals surface area contributed by atoms with Gasteiger partial charge in [-0.05, 0) is 48.4 Å². The molecule has 29 heavy (non-hydrogen) atoms. The molecular formula is C17H15ClF3NO5S2. The number of carbonyl (C=O) groups is 1. The number of anilines is 1. The van der Waals surface area contributed by atoms with Gasteiger partial charge in [0.25, 0.3) is 5.91 Å². The van der Waals surface area contributed by atoms with Crippen LogP contribution in [0.25, 0.3) is 0 Å². The van der Waals surface area contributed by atoms with Crippen LogP contribution in [-0.2, 0) is 25.8 Å². The lowest BCUT2D eigenvalue weighted by atomic mass is 10.1. The summed E-state index contributed by atoms with van der Waals surface area (Å²) in [5, 5.41) is 10.8. The second kappa shape index (κ2) is 8.15. The van der Waals surface area contributed by atoms with Crippen molar-refractivity contribution < 1.29 is 36.0 Å². The minimum absolute atomic E-state index is 0.0715. The summed E-state index contributed by atoms with van der Waals surface area (Å²) in [6.45, 7) is 0.275. The highest BCUT2D eigenvalue weighted by Gasteiger charge is 2.55. The number of rotatable bonds is 5. The molecule has 0 aliphatic rings. The number of hydrogen-bond donors (Lipinski definition) is 2. The molecule has 0 aliphatic heterocycles. The first-order valence-corrected chi connectivity index (χ1v) is 11.2. The molecule has 0 aliphatic carbocycles. The molecule has 2 rings (SSSR count). The van der Waals surface area contributed by atoms with E-state index in [2.05, 4.69) is 0 Å². The van der Waals surface area contributed by atoms with Crippen molar-refractivity contribution in [1.29, 1.82) is 0 Å². The van der Waals surface area contributed by atoms with Crippen LogP contribution in [0, 0.1) is 0 Å². The lowest BCUT2D eigenvalue weighted by Gasteiger charge is -2.25. The second-order valence-electron chi connectivity index (χ2n) is 6.07. The maximum atomic E-state index is 12.9. The van der Waals surface area contributed by atoms with E-state index in [4.69, 9.17) is 11.6 Å². The Kier molecular flexibility index (Phi) is 6.60. The van der Waals surface area contributed by atoms with Gasteiger partial charge in [0.2, 0.25) is 15.4 Å². The summed E-state index contributed by atoms with van der Waals surface area (Å²) >= 11 is 4.33. The number of carbonyl (C=O) groups excluding carboxylic acids is 1. The quantitative estimate of drug-likeness (QED) is 0.654. The fraction of sp³-hybridized carbons (Fsp3) is 0.235. The van der Waals surface area contributed by atoms with Crippen molar-refractivity contribution in [3.05, 3.63) is 47.5 Å². The van der Waals surface area contributed by atoms with Gasteiger partial charge < -0.3 is 15.0 Å². The van der Waals surface area contributed by atoms with E-state index in [0.29, 0.717) is 0 Å². The summed E-state index contributed by atoms with van der Waals surface area (Å²) < 4.78 is 75.8. The molecule has 6 nitrogen and oxygen atoms in total. The average Bonchev–Trinajstić information content (AvgIpc) is 2.62. The standard InChI is InChI=1S/C17H15ClF3NO5S2/c1-16(24,17(19,20)21)15(23)22-12-8-7-10(9-11(12)18)29(26,27)14-6-4-3-5-13(14)28(2)25/h3-9,24H,1-2H3,(H,22,23). The number of amides is 1. The van der Waals surface area contributed by atoms with E-state index in [0.717, 1.165) is 18.2 Å². The molecule has 2 N–H and O–H groups in total. The average molecular weight is 470 g/mol. The smallest absolute Gasteiger partial charge is 0.426 e. The Labute approximate surface area is 172 Å². The van der Waals surface area contributed by atoms with Gasteiger partial charge in [-0.25, -0.2) is 8.42 Å². The third-order valence-electron chi connectivity index (χ3n) is 3.94. The fourth-order valence-corrected chi connectivity index (χ4v) is 5.13. The SMILES string of the molecule is C[S+]([O-])c1ccccc1S(=O)(=O)c1ccc(NC(=O)C(C)(O)C(F)(F)F)c(Cl)c1. The van der Waals surface area contributed by atoms with Gasteiger partial charge in [0, 0.05) is 0 Å². The zero-order valence-corrected chi connectivity index (χ0v) is 17.3. The molecule has 1 amide bonds. The molecule has 0 bridgehead atoms. The molecule has 0 aromatic heterocycles. The molecule has 0 fully saturated rings. The van der Waals surface area contributed by atoms with Gasteiger partial charge in [0.05, 0.1) is 15.6 Å². The zero-order chi connectivity index (χ0) is 22.2. The van der Waals surface area contributed by atoms with Crippen LogP contribution in [0.1, 0.15) is 6.92 Å². The van der Waals surface area contributed by atoms with E-state index >= 15 is 0 Å². The summed E-state index contributed by atoms with van der Waals surface area (Å²) in [7, 11) is -4.15.